The van der Waals surface area contributed by atoms with Gasteiger partial charge in [0.15, 0.2) is 0 Å². The maximum absolute atomic E-state index is 13.1. The molecule has 3 heterocycles. The number of alkyl halides is 3. The molecule has 1 aromatic carbocycles. The third-order valence-corrected chi connectivity index (χ3v) is 6.91. The zero-order chi connectivity index (χ0) is 22.9. The zero-order valence-electron chi connectivity index (χ0n) is 16.9. The molecule has 0 unspecified atom stereocenters. The summed E-state index contributed by atoms with van der Waals surface area (Å²) in [6.45, 7) is -0.247. The fraction of sp³-hybridized carbons (Fsp3) is 0.227. The van der Waals surface area contributed by atoms with Crippen molar-refractivity contribution in [2.24, 2.45) is 5.10 Å². The second-order valence-corrected chi connectivity index (χ2v) is 9.16. The van der Waals surface area contributed by atoms with Gasteiger partial charge >= 0.3 is 6.18 Å². The maximum atomic E-state index is 13.1. The fourth-order valence-electron chi connectivity index (χ4n) is 3.40. The number of thiophene rings is 2. The van der Waals surface area contributed by atoms with Gasteiger partial charge in [0.25, 0.3) is 11.8 Å². The quantitative estimate of drug-likeness (QED) is 0.502. The number of hydrogen-bond donors (Lipinski definition) is 0. The van der Waals surface area contributed by atoms with Crippen LogP contribution in [0.2, 0.25) is 0 Å². The third-order valence-electron chi connectivity index (χ3n) is 5.02. The number of rotatable bonds is 5. The molecule has 1 aliphatic rings. The monoisotopic (exact) mass is 477 g/mol. The molecule has 32 heavy (non-hydrogen) atoms. The van der Waals surface area contributed by atoms with E-state index in [4.69, 9.17) is 0 Å². The van der Waals surface area contributed by atoms with E-state index in [1.807, 2.05) is 35.0 Å². The van der Waals surface area contributed by atoms with E-state index in [0.717, 1.165) is 39.7 Å². The van der Waals surface area contributed by atoms with E-state index in [1.165, 1.54) is 28.3 Å². The Morgan fingerprint density at radius 2 is 1.78 bits per heavy atom. The van der Waals surface area contributed by atoms with E-state index in [2.05, 4.69) is 5.10 Å². The Morgan fingerprint density at radius 3 is 2.38 bits per heavy atom. The molecular formula is C22H18F3N3O2S2. The highest BCUT2D eigenvalue weighted by atomic mass is 32.1. The molecule has 166 valence electrons. The Kier molecular flexibility index (Phi) is 6.16. The Bertz CT molecular complexity index is 1120. The lowest BCUT2D eigenvalue weighted by molar-refractivity contribution is -0.137. The summed E-state index contributed by atoms with van der Waals surface area (Å²) in [5.74, 6) is -0.904. The van der Waals surface area contributed by atoms with Gasteiger partial charge in [-0.3, -0.25) is 9.59 Å². The Labute approximate surface area is 190 Å². The van der Waals surface area contributed by atoms with E-state index in [1.54, 1.807) is 11.3 Å². The molecule has 2 aromatic heterocycles. The summed E-state index contributed by atoms with van der Waals surface area (Å²) >= 11 is 3.07. The minimum absolute atomic E-state index is 0.0762. The van der Waals surface area contributed by atoms with Crippen molar-refractivity contribution in [2.45, 2.75) is 18.6 Å². The molecule has 4 rings (SSSR count). The topological polar surface area (TPSA) is 53.0 Å². The summed E-state index contributed by atoms with van der Waals surface area (Å²) in [6, 6.07) is 11.4. The van der Waals surface area contributed by atoms with Crippen molar-refractivity contribution in [1.29, 1.82) is 0 Å². The summed E-state index contributed by atoms with van der Waals surface area (Å²) in [7, 11) is 1.44. The first-order valence-electron chi connectivity index (χ1n) is 9.63. The molecule has 5 nitrogen and oxygen atoms in total. The molecule has 1 aliphatic heterocycles. The summed E-state index contributed by atoms with van der Waals surface area (Å²) in [6.07, 6.45) is -3.91. The highest BCUT2D eigenvalue weighted by Gasteiger charge is 2.35. The van der Waals surface area contributed by atoms with Gasteiger partial charge in [0, 0.05) is 23.9 Å². The van der Waals surface area contributed by atoms with Crippen molar-refractivity contribution in [1.82, 2.24) is 9.91 Å². The van der Waals surface area contributed by atoms with Crippen LogP contribution in [0.5, 0.6) is 0 Å². The first kappa shape index (κ1) is 22.2. The number of halogens is 3. The Balaban J connectivity index is 1.50. The van der Waals surface area contributed by atoms with Crippen molar-refractivity contribution in [3.05, 3.63) is 80.2 Å². The van der Waals surface area contributed by atoms with Crippen LogP contribution < -0.4 is 0 Å². The molecule has 0 spiro atoms. The van der Waals surface area contributed by atoms with Gasteiger partial charge in [-0.1, -0.05) is 12.1 Å². The number of likely N-dealkylation sites (N-methyl/N-ethyl adjacent to an activating group) is 1. The van der Waals surface area contributed by atoms with Crippen LogP contribution in [-0.4, -0.2) is 41.0 Å². The molecule has 1 atom stereocenters. The minimum atomic E-state index is -4.48. The lowest BCUT2D eigenvalue weighted by Crippen LogP contribution is -2.39. The molecule has 0 fully saturated rings. The van der Waals surface area contributed by atoms with Crippen LogP contribution in [0.25, 0.3) is 0 Å². The normalized spacial score (nSPS) is 16.2. The summed E-state index contributed by atoms with van der Waals surface area (Å²) in [5, 5.41) is 9.84. The van der Waals surface area contributed by atoms with Crippen LogP contribution in [0, 0.1) is 0 Å². The molecule has 3 aromatic rings. The molecule has 0 saturated heterocycles. The third kappa shape index (κ3) is 4.61. The largest absolute Gasteiger partial charge is 0.416 e. The standard InChI is InChI=1S/C22H18F3N3O2S2/c1-27(21(30)14-6-8-15(9-7-14)22(23,24)25)13-20(29)28-17(19-5-3-11-32-19)12-16(26-28)18-4-2-10-31-18/h2-11,17H,12-13H2,1H3/t17-/m1/s1. The van der Waals surface area contributed by atoms with Crippen LogP contribution >= 0.6 is 22.7 Å². The average molecular weight is 478 g/mol. The van der Waals surface area contributed by atoms with Crippen LogP contribution in [0.3, 0.4) is 0 Å². The molecule has 0 N–H and O–H groups in total. The number of carbonyl (C=O) groups is 2. The molecule has 0 saturated carbocycles. The summed E-state index contributed by atoms with van der Waals surface area (Å²) in [4.78, 5) is 28.9. The van der Waals surface area contributed by atoms with Gasteiger partial charge in [-0.05, 0) is 47.2 Å². The molecule has 0 radical (unpaired) electrons. The van der Waals surface area contributed by atoms with Gasteiger partial charge in [0.1, 0.15) is 6.54 Å². The number of carbonyl (C=O) groups excluding carboxylic acids is 2. The summed E-state index contributed by atoms with van der Waals surface area (Å²) in [5.41, 5.74) is 0.0508. The van der Waals surface area contributed by atoms with Crippen LogP contribution in [0.4, 0.5) is 13.2 Å². The van der Waals surface area contributed by atoms with E-state index in [0.29, 0.717) is 6.42 Å². The lowest BCUT2D eigenvalue weighted by Gasteiger charge is -2.24. The van der Waals surface area contributed by atoms with Gasteiger partial charge in [0.05, 0.1) is 22.2 Å². The molecule has 0 aliphatic carbocycles. The SMILES string of the molecule is CN(CC(=O)N1N=C(c2cccs2)C[C@@H]1c1cccs1)C(=O)c1ccc(C(F)(F)F)cc1. The maximum Gasteiger partial charge on any atom is 0.416 e. The number of benzene rings is 1. The van der Waals surface area contributed by atoms with Gasteiger partial charge in [-0.15, -0.1) is 22.7 Å². The highest BCUT2D eigenvalue weighted by Crippen LogP contribution is 2.36. The predicted octanol–water partition coefficient (Wildman–Crippen LogP) is 5.28. The van der Waals surface area contributed by atoms with Crippen LogP contribution in [-0.2, 0) is 11.0 Å². The van der Waals surface area contributed by atoms with Crippen molar-refractivity contribution in [2.75, 3.05) is 13.6 Å². The number of amides is 2. The second kappa shape index (κ2) is 8.87. The van der Waals surface area contributed by atoms with E-state index >= 15 is 0 Å². The summed E-state index contributed by atoms with van der Waals surface area (Å²) < 4.78 is 38.3. The molecular weight excluding hydrogens is 459 g/mol. The Hall–Kier alpha value is -2.98. The first-order chi connectivity index (χ1) is 15.2. The van der Waals surface area contributed by atoms with Crippen LogP contribution in [0.15, 0.2) is 64.4 Å². The highest BCUT2D eigenvalue weighted by molar-refractivity contribution is 7.12. The van der Waals surface area contributed by atoms with Crippen molar-refractivity contribution < 1.29 is 22.8 Å². The van der Waals surface area contributed by atoms with Gasteiger partial charge in [0.2, 0.25) is 0 Å². The van der Waals surface area contributed by atoms with E-state index < -0.39 is 17.6 Å². The van der Waals surface area contributed by atoms with Crippen molar-refractivity contribution >= 4 is 40.2 Å². The smallest absolute Gasteiger partial charge is 0.332 e. The fourth-order valence-corrected chi connectivity index (χ4v) is 4.94. The Morgan fingerprint density at radius 1 is 1.09 bits per heavy atom. The average Bonchev–Trinajstić information content (AvgIpc) is 3.53. The van der Waals surface area contributed by atoms with E-state index in [-0.39, 0.29) is 24.1 Å². The number of hydrogen-bond acceptors (Lipinski definition) is 5. The van der Waals surface area contributed by atoms with Crippen molar-refractivity contribution in [3.63, 3.8) is 0 Å². The molecule has 0 bridgehead atoms. The number of nitrogens with zero attached hydrogens (tertiary/aromatic N) is 3. The minimum Gasteiger partial charge on any atom is -0.332 e. The van der Waals surface area contributed by atoms with Crippen molar-refractivity contribution in [3.8, 4) is 0 Å². The van der Waals surface area contributed by atoms with Gasteiger partial charge < -0.3 is 4.90 Å². The first-order valence-corrected chi connectivity index (χ1v) is 11.4. The predicted molar refractivity (Wildman–Crippen MR) is 118 cm³/mol. The second-order valence-electron chi connectivity index (χ2n) is 7.23. The molecule has 2 amide bonds. The zero-order valence-corrected chi connectivity index (χ0v) is 18.5. The lowest BCUT2D eigenvalue weighted by atomic mass is 10.1. The molecule has 10 heteroatoms. The van der Waals surface area contributed by atoms with Crippen LogP contribution in [0.1, 0.15) is 38.1 Å². The van der Waals surface area contributed by atoms with E-state index in [9.17, 15) is 22.8 Å². The number of hydrazone groups is 1. The van der Waals surface area contributed by atoms with Gasteiger partial charge in [-0.25, -0.2) is 5.01 Å². The van der Waals surface area contributed by atoms with Gasteiger partial charge in [-0.2, -0.15) is 18.3 Å².